The molecule has 0 saturated carbocycles. The van der Waals surface area contributed by atoms with E-state index in [2.05, 4.69) is 5.32 Å². The van der Waals surface area contributed by atoms with Gasteiger partial charge in [-0.1, -0.05) is 42.5 Å². The number of rotatable bonds is 5. The van der Waals surface area contributed by atoms with Crippen LogP contribution in [0.25, 0.3) is 6.08 Å². The Bertz CT molecular complexity index is 802. The molecule has 1 saturated heterocycles. The molecule has 5 nitrogen and oxygen atoms in total. The van der Waals surface area contributed by atoms with Gasteiger partial charge in [0.05, 0.1) is 0 Å². The van der Waals surface area contributed by atoms with E-state index in [1.165, 1.54) is 6.08 Å². The zero-order valence-corrected chi connectivity index (χ0v) is 14.7. The molecule has 2 aromatic carbocycles. The van der Waals surface area contributed by atoms with Crippen molar-refractivity contribution in [3.05, 3.63) is 71.8 Å². The van der Waals surface area contributed by atoms with Gasteiger partial charge < -0.3 is 15.0 Å². The minimum Gasteiger partial charge on any atom is -0.489 e. The highest BCUT2D eigenvalue weighted by Crippen LogP contribution is 2.16. The Balaban J connectivity index is 1.61. The monoisotopic (exact) mass is 350 g/mol. The van der Waals surface area contributed by atoms with Gasteiger partial charge in [0.1, 0.15) is 18.4 Å². The van der Waals surface area contributed by atoms with E-state index in [-0.39, 0.29) is 11.8 Å². The van der Waals surface area contributed by atoms with E-state index >= 15 is 0 Å². The first-order valence-electron chi connectivity index (χ1n) is 8.66. The number of piperazine rings is 1. The van der Waals surface area contributed by atoms with E-state index in [1.807, 2.05) is 54.6 Å². The molecule has 0 aromatic heterocycles. The number of nitrogens with zero attached hydrogens (tertiary/aromatic N) is 1. The van der Waals surface area contributed by atoms with E-state index < -0.39 is 6.04 Å². The molecular weight excluding hydrogens is 328 g/mol. The summed E-state index contributed by atoms with van der Waals surface area (Å²) in [5, 5.41) is 2.75. The Morgan fingerprint density at radius 3 is 2.85 bits per heavy atom. The molecule has 1 aliphatic heterocycles. The van der Waals surface area contributed by atoms with Crippen LogP contribution in [-0.4, -0.2) is 35.8 Å². The fourth-order valence-electron chi connectivity index (χ4n) is 2.80. The number of amides is 2. The van der Waals surface area contributed by atoms with Crippen LogP contribution in [0.4, 0.5) is 0 Å². The highest BCUT2D eigenvalue weighted by molar-refractivity contribution is 5.96. The van der Waals surface area contributed by atoms with Crippen molar-refractivity contribution < 1.29 is 14.3 Å². The maximum Gasteiger partial charge on any atom is 0.247 e. The van der Waals surface area contributed by atoms with Crippen LogP contribution in [0.5, 0.6) is 5.75 Å². The molecule has 2 amide bonds. The lowest BCUT2D eigenvalue weighted by atomic mass is 10.1. The molecule has 1 fully saturated rings. The van der Waals surface area contributed by atoms with Gasteiger partial charge in [-0.3, -0.25) is 9.59 Å². The van der Waals surface area contributed by atoms with E-state index in [0.29, 0.717) is 19.7 Å². The van der Waals surface area contributed by atoms with Crippen molar-refractivity contribution in [2.45, 2.75) is 19.6 Å². The van der Waals surface area contributed by atoms with Crippen molar-refractivity contribution in [1.82, 2.24) is 10.2 Å². The Morgan fingerprint density at radius 2 is 2.04 bits per heavy atom. The van der Waals surface area contributed by atoms with Crippen LogP contribution >= 0.6 is 0 Å². The van der Waals surface area contributed by atoms with E-state index in [0.717, 1.165) is 16.9 Å². The van der Waals surface area contributed by atoms with E-state index in [1.54, 1.807) is 17.9 Å². The largest absolute Gasteiger partial charge is 0.489 e. The van der Waals surface area contributed by atoms with Crippen molar-refractivity contribution in [2.75, 3.05) is 13.1 Å². The number of hydrogen-bond donors (Lipinski definition) is 1. The van der Waals surface area contributed by atoms with E-state index in [9.17, 15) is 9.59 Å². The lowest BCUT2D eigenvalue weighted by molar-refractivity contribution is -0.139. The predicted molar refractivity (Wildman–Crippen MR) is 100 cm³/mol. The Labute approximate surface area is 153 Å². The first-order valence-corrected chi connectivity index (χ1v) is 8.66. The molecule has 0 aliphatic carbocycles. The molecule has 1 aliphatic rings. The fraction of sp³-hybridized carbons (Fsp3) is 0.238. The number of carbonyl (C=O) groups excluding carboxylic acids is 2. The minimum atomic E-state index is -0.443. The third kappa shape index (κ3) is 4.51. The molecule has 134 valence electrons. The molecule has 26 heavy (non-hydrogen) atoms. The highest BCUT2D eigenvalue weighted by atomic mass is 16.5. The zero-order chi connectivity index (χ0) is 18.4. The Kier molecular flexibility index (Phi) is 5.69. The maximum atomic E-state index is 12.4. The average Bonchev–Trinajstić information content (AvgIpc) is 2.68. The van der Waals surface area contributed by atoms with Crippen molar-refractivity contribution in [1.29, 1.82) is 0 Å². The first-order chi connectivity index (χ1) is 12.6. The highest BCUT2D eigenvalue weighted by Gasteiger charge is 2.27. The second-order valence-electron chi connectivity index (χ2n) is 6.18. The third-order valence-corrected chi connectivity index (χ3v) is 4.31. The standard InChI is InChI=1S/C21H22N2O3/c1-16-21(25)22-12-13-23(16)20(24)11-10-17-8-5-9-19(14-17)26-15-18-6-3-2-4-7-18/h2-11,14,16H,12-13,15H2,1H3,(H,22,25). The lowest BCUT2D eigenvalue weighted by Gasteiger charge is -2.31. The maximum absolute atomic E-state index is 12.4. The molecule has 1 atom stereocenters. The van der Waals surface area contributed by atoms with Crippen LogP contribution in [0.2, 0.25) is 0 Å². The van der Waals surface area contributed by atoms with E-state index in [4.69, 9.17) is 4.74 Å². The summed E-state index contributed by atoms with van der Waals surface area (Å²) < 4.78 is 5.80. The molecule has 3 rings (SSSR count). The van der Waals surface area contributed by atoms with Gasteiger partial charge in [0.15, 0.2) is 0 Å². The number of hydrogen-bond acceptors (Lipinski definition) is 3. The van der Waals surface area contributed by atoms with Gasteiger partial charge in [-0.25, -0.2) is 0 Å². The molecular formula is C21H22N2O3. The third-order valence-electron chi connectivity index (χ3n) is 4.31. The fourth-order valence-corrected chi connectivity index (χ4v) is 2.80. The quantitative estimate of drug-likeness (QED) is 0.844. The summed E-state index contributed by atoms with van der Waals surface area (Å²) in [5.74, 6) is 0.464. The second kappa shape index (κ2) is 8.34. The normalized spacial score (nSPS) is 17.2. The van der Waals surface area contributed by atoms with Crippen LogP contribution in [0.3, 0.4) is 0 Å². The van der Waals surface area contributed by atoms with Crippen molar-refractivity contribution in [2.24, 2.45) is 0 Å². The summed E-state index contributed by atoms with van der Waals surface area (Å²) in [6.07, 6.45) is 3.25. The summed E-state index contributed by atoms with van der Waals surface area (Å²) in [4.78, 5) is 25.6. The van der Waals surface area contributed by atoms with Crippen LogP contribution in [-0.2, 0) is 16.2 Å². The van der Waals surface area contributed by atoms with Gasteiger partial charge in [0.2, 0.25) is 11.8 Å². The van der Waals surface area contributed by atoms with Gasteiger partial charge in [0, 0.05) is 19.2 Å². The SMILES string of the molecule is CC1C(=O)NCCN1C(=O)C=Cc1cccc(OCc2ccccc2)c1. The smallest absolute Gasteiger partial charge is 0.247 e. The van der Waals surface area contributed by atoms with Gasteiger partial charge >= 0.3 is 0 Å². The number of benzene rings is 2. The molecule has 1 unspecified atom stereocenters. The molecule has 0 radical (unpaired) electrons. The van der Waals surface area contributed by atoms with Crippen molar-refractivity contribution >= 4 is 17.9 Å². The molecule has 0 spiro atoms. The zero-order valence-electron chi connectivity index (χ0n) is 14.7. The lowest BCUT2D eigenvalue weighted by Crippen LogP contribution is -2.55. The summed E-state index contributed by atoms with van der Waals surface area (Å²) in [5.41, 5.74) is 1.97. The Morgan fingerprint density at radius 1 is 1.23 bits per heavy atom. The number of nitrogens with one attached hydrogen (secondary N) is 1. The number of ether oxygens (including phenoxy) is 1. The molecule has 2 aromatic rings. The van der Waals surface area contributed by atoms with Crippen molar-refractivity contribution in [3.63, 3.8) is 0 Å². The second-order valence-corrected chi connectivity index (χ2v) is 6.18. The van der Waals surface area contributed by atoms with Gasteiger partial charge in [0.25, 0.3) is 0 Å². The van der Waals surface area contributed by atoms with Gasteiger partial charge in [-0.2, -0.15) is 0 Å². The van der Waals surface area contributed by atoms with Gasteiger partial charge in [-0.15, -0.1) is 0 Å². The van der Waals surface area contributed by atoms with Crippen LogP contribution in [0, 0.1) is 0 Å². The summed E-state index contributed by atoms with van der Waals surface area (Å²) in [7, 11) is 0. The average molecular weight is 350 g/mol. The Hall–Kier alpha value is -3.08. The van der Waals surface area contributed by atoms with Crippen LogP contribution < -0.4 is 10.1 Å². The topological polar surface area (TPSA) is 58.6 Å². The predicted octanol–water partition coefficient (Wildman–Crippen LogP) is 2.63. The molecule has 1 heterocycles. The summed E-state index contributed by atoms with van der Waals surface area (Å²) >= 11 is 0. The first kappa shape index (κ1) is 17.7. The van der Waals surface area contributed by atoms with Crippen LogP contribution in [0.15, 0.2) is 60.7 Å². The van der Waals surface area contributed by atoms with Crippen LogP contribution in [0.1, 0.15) is 18.1 Å². The van der Waals surface area contributed by atoms with Gasteiger partial charge in [-0.05, 0) is 36.3 Å². The summed E-state index contributed by atoms with van der Waals surface area (Å²) in [6.45, 7) is 3.24. The summed E-state index contributed by atoms with van der Waals surface area (Å²) in [6, 6.07) is 17.1. The number of carbonyl (C=O) groups is 2. The minimum absolute atomic E-state index is 0.116. The molecule has 0 bridgehead atoms. The van der Waals surface area contributed by atoms with Crippen molar-refractivity contribution in [3.8, 4) is 5.75 Å². The molecule has 1 N–H and O–H groups in total. The molecule has 5 heteroatoms.